The average molecular weight is 283 g/mol. The van der Waals surface area contributed by atoms with Gasteiger partial charge in [-0.2, -0.15) is 0 Å². The number of rotatable bonds is 10. The van der Waals surface area contributed by atoms with Crippen molar-refractivity contribution >= 4 is 11.9 Å². The first-order valence-corrected chi connectivity index (χ1v) is 6.62. The zero-order valence-electron chi connectivity index (χ0n) is 12.3. The molecule has 106 valence electrons. The van der Waals surface area contributed by atoms with Crippen LogP contribution in [-0.4, -0.2) is 36.0 Å². The summed E-state index contributed by atoms with van der Waals surface area (Å²) in [6.07, 6.45) is 2.56. The van der Waals surface area contributed by atoms with E-state index >= 15 is 0 Å². The third kappa shape index (κ3) is 11.4. The first-order chi connectivity index (χ1) is 8.51. The van der Waals surface area contributed by atoms with Gasteiger partial charge < -0.3 is 14.8 Å². The van der Waals surface area contributed by atoms with Crippen molar-refractivity contribution in [2.45, 2.75) is 58.5 Å². The Hall–Kier alpha value is -0.130. The minimum atomic E-state index is -1.27. The van der Waals surface area contributed by atoms with Crippen LogP contribution in [0.2, 0.25) is 0 Å². The second-order valence-corrected chi connectivity index (χ2v) is 4.41. The second-order valence-electron chi connectivity index (χ2n) is 4.41. The topological polar surface area (TPSA) is 60.4 Å². The maximum Gasteiger partial charge on any atom is 1.00 e. The Balaban J connectivity index is 0. The molecular formula is C13H23FNNaO3. The van der Waals surface area contributed by atoms with Gasteiger partial charge in [0.05, 0.1) is 12.5 Å². The molecule has 0 rings (SSSR count). The van der Waals surface area contributed by atoms with Gasteiger partial charge in [-0.05, 0) is 26.2 Å². The molecule has 0 aliphatic carbocycles. The maximum absolute atomic E-state index is 13.3. The number of nitrogens with zero attached hydrogens (tertiary/aromatic N) is 1. The van der Waals surface area contributed by atoms with Crippen molar-refractivity contribution < 1.29 is 48.6 Å². The van der Waals surface area contributed by atoms with Crippen molar-refractivity contribution in [1.29, 1.82) is 0 Å². The number of hydrogen-bond donors (Lipinski definition) is 0. The molecule has 0 aliphatic heterocycles. The molecule has 0 bridgehead atoms. The summed E-state index contributed by atoms with van der Waals surface area (Å²) in [5.41, 5.74) is 0. The van der Waals surface area contributed by atoms with Gasteiger partial charge in [-0.25, -0.2) is 4.39 Å². The van der Waals surface area contributed by atoms with Crippen molar-refractivity contribution in [3.05, 3.63) is 0 Å². The Kier molecular flexibility index (Phi) is 14.4. The van der Waals surface area contributed by atoms with Crippen LogP contribution < -0.4 is 34.7 Å². The summed E-state index contributed by atoms with van der Waals surface area (Å²) in [7, 11) is 0. The summed E-state index contributed by atoms with van der Waals surface area (Å²) in [5.74, 6) is -1.51. The average Bonchev–Trinajstić information content (AvgIpc) is 2.32. The molecule has 19 heavy (non-hydrogen) atoms. The normalized spacial score (nSPS) is 11.5. The number of unbranched alkanes of at least 4 members (excludes halogenated alkanes) is 1. The molecule has 1 unspecified atom stereocenters. The Labute approximate surface area is 137 Å². The Morgan fingerprint density at radius 3 is 2.26 bits per heavy atom. The smallest absolute Gasteiger partial charge is 0.548 e. The molecule has 1 amide bonds. The molecule has 0 aromatic rings. The molecule has 1 atom stereocenters. The monoisotopic (exact) mass is 283 g/mol. The largest absolute Gasteiger partial charge is 1.00 e. The number of amides is 1. The van der Waals surface area contributed by atoms with E-state index in [1.165, 1.54) is 4.90 Å². The number of carboxylic acids is 1. The quantitative estimate of drug-likeness (QED) is 0.449. The van der Waals surface area contributed by atoms with E-state index in [2.05, 4.69) is 0 Å². The molecule has 6 heteroatoms. The van der Waals surface area contributed by atoms with E-state index in [1.807, 2.05) is 6.92 Å². The summed E-state index contributed by atoms with van der Waals surface area (Å²) in [6, 6.07) is 0. The number of hydrogen-bond acceptors (Lipinski definition) is 3. The number of carbonyl (C=O) groups excluding carboxylic acids is 2. The van der Waals surface area contributed by atoms with Crippen molar-refractivity contribution in [1.82, 2.24) is 4.90 Å². The molecule has 0 saturated carbocycles. The molecule has 0 aliphatic rings. The van der Waals surface area contributed by atoms with Gasteiger partial charge in [0.1, 0.15) is 6.17 Å². The number of alkyl halides is 1. The van der Waals surface area contributed by atoms with Gasteiger partial charge in [-0.15, -0.1) is 0 Å². The predicted molar refractivity (Wildman–Crippen MR) is 65.5 cm³/mol. The standard InChI is InChI=1S/C13H24FNO3.Na/c1-3-5-7-11(14)8-6-9-12(16)15(4-2)10-13(17)18;/h11H,3-10H2,1-2H3,(H,17,18);/q;+1/p-1. The Bertz CT molecular complexity index is 264. The third-order valence-electron chi connectivity index (χ3n) is 2.83. The van der Waals surface area contributed by atoms with Gasteiger partial charge in [0.25, 0.3) is 0 Å². The maximum atomic E-state index is 13.3. The van der Waals surface area contributed by atoms with Crippen LogP contribution >= 0.6 is 0 Å². The van der Waals surface area contributed by atoms with E-state index in [4.69, 9.17) is 0 Å². The van der Waals surface area contributed by atoms with E-state index in [0.29, 0.717) is 25.8 Å². The molecule has 0 aromatic heterocycles. The van der Waals surface area contributed by atoms with Gasteiger partial charge in [0.2, 0.25) is 5.91 Å². The Morgan fingerprint density at radius 2 is 1.79 bits per heavy atom. The number of aliphatic carboxylic acids is 1. The molecule has 0 heterocycles. The zero-order valence-corrected chi connectivity index (χ0v) is 14.3. The van der Waals surface area contributed by atoms with Crippen molar-refractivity contribution in [3.8, 4) is 0 Å². The van der Waals surface area contributed by atoms with Crippen LogP contribution in [0.15, 0.2) is 0 Å². The number of halogens is 1. The van der Waals surface area contributed by atoms with E-state index in [-0.39, 0.29) is 48.4 Å². The summed E-state index contributed by atoms with van der Waals surface area (Å²) in [5, 5.41) is 10.4. The number of carboxylic acid groups (broad SMARTS) is 1. The fraction of sp³-hybridized carbons (Fsp3) is 0.846. The second kappa shape index (κ2) is 12.9. The number of likely N-dealkylation sites (N-methyl/N-ethyl adjacent to an activating group) is 1. The first kappa shape index (κ1) is 21.2. The van der Waals surface area contributed by atoms with Crippen LogP contribution in [0.3, 0.4) is 0 Å². The minimum absolute atomic E-state index is 0. The van der Waals surface area contributed by atoms with Crippen LogP contribution in [0.4, 0.5) is 4.39 Å². The summed E-state index contributed by atoms with van der Waals surface area (Å²) in [4.78, 5) is 23.2. The van der Waals surface area contributed by atoms with Crippen molar-refractivity contribution in [2.75, 3.05) is 13.1 Å². The van der Waals surface area contributed by atoms with Gasteiger partial charge in [-0.1, -0.05) is 19.8 Å². The fourth-order valence-corrected chi connectivity index (χ4v) is 1.74. The molecule has 0 spiro atoms. The van der Waals surface area contributed by atoms with Gasteiger partial charge in [0.15, 0.2) is 0 Å². The third-order valence-corrected chi connectivity index (χ3v) is 2.83. The first-order valence-electron chi connectivity index (χ1n) is 6.62. The van der Waals surface area contributed by atoms with Crippen molar-refractivity contribution in [3.63, 3.8) is 0 Å². The Morgan fingerprint density at radius 1 is 1.21 bits per heavy atom. The van der Waals surface area contributed by atoms with Crippen LogP contribution in [0, 0.1) is 0 Å². The molecule has 0 fully saturated rings. The molecule has 0 aromatic carbocycles. The van der Waals surface area contributed by atoms with Crippen LogP contribution in [0.25, 0.3) is 0 Å². The summed E-state index contributed by atoms with van der Waals surface area (Å²) < 4.78 is 13.3. The van der Waals surface area contributed by atoms with Crippen LogP contribution in [0.5, 0.6) is 0 Å². The predicted octanol–water partition coefficient (Wildman–Crippen LogP) is -1.71. The molecule has 0 N–H and O–H groups in total. The zero-order chi connectivity index (χ0) is 14.0. The molecule has 0 saturated heterocycles. The van der Waals surface area contributed by atoms with Gasteiger partial charge in [-0.3, -0.25) is 4.79 Å². The van der Waals surface area contributed by atoms with E-state index < -0.39 is 12.1 Å². The molecule has 4 nitrogen and oxygen atoms in total. The van der Waals surface area contributed by atoms with E-state index in [0.717, 1.165) is 12.8 Å². The van der Waals surface area contributed by atoms with Gasteiger partial charge >= 0.3 is 29.6 Å². The van der Waals surface area contributed by atoms with E-state index in [9.17, 15) is 19.1 Å². The van der Waals surface area contributed by atoms with Crippen LogP contribution in [0.1, 0.15) is 52.4 Å². The fourth-order valence-electron chi connectivity index (χ4n) is 1.74. The summed E-state index contributed by atoms with van der Waals surface area (Å²) >= 11 is 0. The van der Waals surface area contributed by atoms with Crippen molar-refractivity contribution in [2.24, 2.45) is 0 Å². The minimum Gasteiger partial charge on any atom is -0.548 e. The molecule has 0 radical (unpaired) electrons. The SMILES string of the molecule is CCCCC(F)CCCC(=O)N(CC)CC(=O)[O-].[Na+]. The van der Waals surface area contributed by atoms with Gasteiger partial charge in [0, 0.05) is 13.0 Å². The van der Waals surface area contributed by atoms with E-state index in [1.54, 1.807) is 6.92 Å². The summed E-state index contributed by atoms with van der Waals surface area (Å²) in [6.45, 7) is 3.67. The molecular weight excluding hydrogens is 260 g/mol. The number of carbonyl (C=O) groups is 2. The van der Waals surface area contributed by atoms with Crippen LogP contribution in [-0.2, 0) is 9.59 Å².